The lowest BCUT2D eigenvalue weighted by Gasteiger charge is -2.21. The molecule has 10 heteroatoms. The molecule has 1 amide bonds. The van der Waals surface area contributed by atoms with Crippen molar-refractivity contribution in [3.05, 3.63) is 58.1 Å². The molecule has 2 heterocycles. The first kappa shape index (κ1) is 24.7. The summed E-state index contributed by atoms with van der Waals surface area (Å²) in [7, 11) is -3.94. The Kier molecular flexibility index (Phi) is 7.32. The normalized spacial score (nSPS) is 17.6. The number of hydrogen-bond donors (Lipinski definition) is 0. The minimum atomic E-state index is -3.94. The van der Waals surface area contributed by atoms with E-state index in [1.54, 1.807) is 0 Å². The van der Waals surface area contributed by atoms with E-state index in [1.165, 1.54) is 27.8 Å². The van der Waals surface area contributed by atoms with Crippen molar-refractivity contribution in [2.24, 2.45) is 4.99 Å². The Balaban J connectivity index is 1.71. The number of aryl methyl sites for hydroxylation is 2. The maximum atomic E-state index is 13.3. The maximum Gasteiger partial charge on any atom is 0.266 e. The Bertz CT molecular complexity index is 1380. The van der Waals surface area contributed by atoms with E-state index in [-0.39, 0.29) is 11.4 Å². The number of benzene rings is 2. The molecule has 1 fully saturated rings. The molecule has 0 saturated carbocycles. The number of carbonyl (C=O) groups excluding carboxylic acids is 1. The van der Waals surface area contributed by atoms with Gasteiger partial charge >= 0.3 is 0 Å². The van der Waals surface area contributed by atoms with Gasteiger partial charge in [0.25, 0.3) is 5.91 Å². The number of ether oxygens (including phenoxy) is 1. The smallest absolute Gasteiger partial charge is 0.266 e. The average molecular weight is 506 g/mol. The first-order valence-corrected chi connectivity index (χ1v) is 13.5. The number of amides is 1. The van der Waals surface area contributed by atoms with Crippen molar-refractivity contribution in [2.45, 2.75) is 51.1 Å². The summed E-state index contributed by atoms with van der Waals surface area (Å²) in [4.78, 5) is 18.2. The maximum absolute atomic E-state index is 13.3. The number of nitrogens with zero attached hydrogens (tertiary/aromatic N) is 3. The molecule has 1 aliphatic heterocycles. The molecule has 0 spiro atoms. The standard InChI is InChI=1S/C24H28FN3O4S2/c1-4-32-13-12-27-21-14-16(2)17(3)15-22(21)33-24(27)26-23(29)20-6-5-11-28(20)34(30,31)19-9-7-18(25)8-10-19/h7-10,14-15,20H,4-6,11-13H2,1-3H3. The van der Waals surface area contributed by atoms with Gasteiger partial charge in [0, 0.05) is 19.7 Å². The van der Waals surface area contributed by atoms with Crippen molar-refractivity contribution >= 4 is 37.5 Å². The van der Waals surface area contributed by atoms with Crippen LogP contribution in [0.3, 0.4) is 0 Å². The Morgan fingerprint density at radius 3 is 2.62 bits per heavy atom. The van der Waals surface area contributed by atoms with Crippen molar-refractivity contribution in [2.75, 3.05) is 19.8 Å². The minimum Gasteiger partial charge on any atom is -0.380 e. The highest BCUT2D eigenvalue weighted by atomic mass is 32.2. The van der Waals surface area contributed by atoms with Gasteiger partial charge in [-0.1, -0.05) is 11.3 Å². The summed E-state index contributed by atoms with van der Waals surface area (Å²) < 4.78 is 49.3. The van der Waals surface area contributed by atoms with Crippen LogP contribution in [0.2, 0.25) is 0 Å². The Labute approximate surface area is 202 Å². The third kappa shape index (κ3) is 4.86. The minimum absolute atomic E-state index is 0.0341. The van der Waals surface area contributed by atoms with Crippen molar-refractivity contribution in [3.8, 4) is 0 Å². The molecule has 0 aliphatic carbocycles. The van der Waals surface area contributed by atoms with E-state index in [9.17, 15) is 17.6 Å². The molecule has 1 saturated heterocycles. The van der Waals surface area contributed by atoms with Crippen LogP contribution in [0.15, 0.2) is 46.3 Å². The third-order valence-corrected chi connectivity index (χ3v) is 9.04. The molecule has 1 unspecified atom stereocenters. The monoisotopic (exact) mass is 505 g/mol. The molecule has 7 nitrogen and oxygen atoms in total. The number of rotatable bonds is 7. The first-order chi connectivity index (χ1) is 16.2. The summed E-state index contributed by atoms with van der Waals surface area (Å²) in [6.45, 7) is 7.83. The summed E-state index contributed by atoms with van der Waals surface area (Å²) in [6, 6.07) is 7.93. The van der Waals surface area contributed by atoms with Crippen LogP contribution >= 0.6 is 11.3 Å². The van der Waals surface area contributed by atoms with Gasteiger partial charge in [0.1, 0.15) is 11.9 Å². The fourth-order valence-electron chi connectivity index (χ4n) is 4.11. The van der Waals surface area contributed by atoms with Gasteiger partial charge < -0.3 is 9.30 Å². The van der Waals surface area contributed by atoms with Crippen LogP contribution in [0.25, 0.3) is 10.2 Å². The Hall–Kier alpha value is -2.40. The van der Waals surface area contributed by atoms with Crippen LogP contribution in [0, 0.1) is 19.7 Å². The lowest BCUT2D eigenvalue weighted by molar-refractivity contribution is -0.121. The van der Waals surface area contributed by atoms with Gasteiger partial charge in [0.2, 0.25) is 10.0 Å². The van der Waals surface area contributed by atoms with E-state index in [0.717, 1.165) is 33.5 Å². The van der Waals surface area contributed by atoms with E-state index in [1.807, 2.05) is 25.3 Å². The second-order valence-electron chi connectivity index (χ2n) is 8.32. The summed E-state index contributed by atoms with van der Waals surface area (Å²) in [5.74, 6) is -1.01. The molecule has 0 bridgehead atoms. The number of thiazole rings is 1. The van der Waals surface area contributed by atoms with Crippen molar-refractivity contribution in [1.82, 2.24) is 8.87 Å². The highest BCUT2D eigenvalue weighted by Gasteiger charge is 2.39. The average Bonchev–Trinajstić information content (AvgIpc) is 3.41. The van der Waals surface area contributed by atoms with Gasteiger partial charge in [0.15, 0.2) is 4.80 Å². The molecule has 1 aliphatic rings. The molecule has 3 aromatic rings. The van der Waals surface area contributed by atoms with Gasteiger partial charge in [-0.25, -0.2) is 12.8 Å². The van der Waals surface area contributed by atoms with Gasteiger partial charge in [-0.3, -0.25) is 4.79 Å². The first-order valence-electron chi connectivity index (χ1n) is 11.3. The number of carbonyl (C=O) groups is 1. The Morgan fingerprint density at radius 1 is 1.21 bits per heavy atom. The van der Waals surface area contributed by atoms with E-state index in [2.05, 4.69) is 17.1 Å². The van der Waals surface area contributed by atoms with Crippen LogP contribution in [0.5, 0.6) is 0 Å². The molecule has 34 heavy (non-hydrogen) atoms. The Morgan fingerprint density at radius 2 is 1.91 bits per heavy atom. The predicted molar refractivity (Wildman–Crippen MR) is 130 cm³/mol. The SMILES string of the molecule is CCOCCn1c(=NC(=O)C2CCCN2S(=O)(=O)c2ccc(F)cc2)sc2cc(C)c(C)cc21. The van der Waals surface area contributed by atoms with E-state index >= 15 is 0 Å². The fraction of sp³-hybridized carbons (Fsp3) is 0.417. The van der Waals surface area contributed by atoms with Crippen LogP contribution in [-0.2, 0) is 26.1 Å². The number of aromatic nitrogens is 1. The van der Waals surface area contributed by atoms with Crippen molar-refractivity contribution < 1.29 is 22.3 Å². The van der Waals surface area contributed by atoms with Crippen molar-refractivity contribution in [3.63, 3.8) is 0 Å². The molecule has 0 radical (unpaired) electrons. The van der Waals surface area contributed by atoms with E-state index in [0.29, 0.717) is 37.4 Å². The zero-order valence-electron chi connectivity index (χ0n) is 19.5. The fourth-order valence-corrected chi connectivity index (χ4v) is 6.90. The van der Waals surface area contributed by atoms with Crippen molar-refractivity contribution in [1.29, 1.82) is 0 Å². The highest BCUT2D eigenvalue weighted by molar-refractivity contribution is 7.89. The highest BCUT2D eigenvalue weighted by Crippen LogP contribution is 2.27. The second-order valence-corrected chi connectivity index (χ2v) is 11.2. The molecular formula is C24H28FN3O4S2. The second kappa shape index (κ2) is 10.1. The van der Waals surface area contributed by atoms with Gasteiger partial charge in [-0.15, -0.1) is 0 Å². The summed E-state index contributed by atoms with van der Waals surface area (Å²) in [6.07, 6.45) is 0.951. The van der Waals surface area contributed by atoms with Crippen LogP contribution in [-0.4, -0.2) is 49.0 Å². The quantitative estimate of drug-likeness (QED) is 0.458. The lowest BCUT2D eigenvalue weighted by atomic mass is 10.1. The number of sulfonamides is 1. The van der Waals surface area contributed by atoms with Crippen LogP contribution in [0.1, 0.15) is 30.9 Å². The lowest BCUT2D eigenvalue weighted by Crippen LogP contribution is -2.40. The number of halogens is 1. The predicted octanol–water partition coefficient (Wildman–Crippen LogP) is 3.78. The van der Waals surface area contributed by atoms with Gasteiger partial charge in [-0.05, 0) is 81.1 Å². The molecule has 4 rings (SSSR count). The molecule has 1 aromatic heterocycles. The van der Waals surface area contributed by atoms with Gasteiger partial charge in [0.05, 0.1) is 21.7 Å². The topological polar surface area (TPSA) is 81.0 Å². The molecule has 1 atom stereocenters. The number of fused-ring (bicyclic) bond motifs is 1. The zero-order valence-corrected chi connectivity index (χ0v) is 21.1. The van der Waals surface area contributed by atoms with E-state index < -0.39 is 27.8 Å². The summed E-state index contributed by atoms with van der Waals surface area (Å²) >= 11 is 1.41. The van der Waals surface area contributed by atoms with Gasteiger partial charge in [-0.2, -0.15) is 9.30 Å². The zero-order chi connectivity index (χ0) is 24.5. The number of hydrogen-bond acceptors (Lipinski definition) is 5. The van der Waals surface area contributed by atoms with Crippen LogP contribution in [0.4, 0.5) is 4.39 Å². The molecular weight excluding hydrogens is 477 g/mol. The third-order valence-electron chi connectivity index (χ3n) is 6.08. The van der Waals surface area contributed by atoms with E-state index in [4.69, 9.17) is 4.74 Å². The summed E-state index contributed by atoms with van der Waals surface area (Å²) in [5, 5.41) is 0. The molecule has 2 aromatic carbocycles. The molecule has 182 valence electrons. The summed E-state index contributed by atoms with van der Waals surface area (Å²) in [5.41, 5.74) is 3.26. The largest absolute Gasteiger partial charge is 0.380 e. The van der Waals surface area contributed by atoms with Crippen LogP contribution < -0.4 is 4.80 Å². The molecule has 0 N–H and O–H groups in total.